The number of carbonyl (C=O) groups excluding carboxylic acids is 1. The van der Waals surface area contributed by atoms with E-state index in [0.29, 0.717) is 17.8 Å². The molecule has 1 amide bonds. The molecule has 0 aliphatic rings. The van der Waals surface area contributed by atoms with Crippen molar-refractivity contribution in [1.29, 1.82) is 0 Å². The minimum absolute atomic E-state index is 0.304. The Balaban J connectivity index is 1.58. The maximum atomic E-state index is 12.9. The summed E-state index contributed by atoms with van der Waals surface area (Å²) in [6.07, 6.45) is 1.58. The third-order valence-electron chi connectivity index (χ3n) is 3.44. The van der Waals surface area contributed by atoms with Crippen molar-refractivity contribution >= 4 is 17.4 Å². The predicted molar refractivity (Wildman–Crippen MR) is 92.4 cm³/mol. The van der Waals surface area contributed by atoms with Gasteiger partial charge in [0.05, 0.1) is 11.9 Å². The first kappa shape index (κ1) is 15.7. The van der Waals surface area contributed by atoms with Crippen LogP contribution in [0.25, 0.3) is 0 Å². The minimum Gasteiger partial charge on any atom is -0.366 e. The molecule has 0 fully saturated rings. The van der Waals surface area contributed by atoms with E-state index < -0.39 is 0 Å². The maximum Gasteiger partial charge on any atom is 0.255 e. The third-order valence-corrected chi connectivity index (χ3v) is 3.44. The molecule has 0 saturated carbocycles. The highest BCUT2D eigenvalue weighted by Gasteiger charge is 2.06. The first-order chi connectivity index (χ1) is 11.7. The molecule has 0 spiro atoms. The molecule has 0 aliphatic heterocycles. The Labute approximate surface area is 139 Å². The van der Waals surface area contributed by atoms with Crippen LogP contribution in [0.4, 0.5) is 15.9 Å². The molecule has 0 saturated heterocycles. The van der Waals surface area contributed by atoms with Crippen molar-refractivity contribution in [3.8, 4) is 0 Å². The van der Waals surface area contributed by atoms with E-state index in [1.54, 1.807) is 18.3 Å². The van der Waals surface area contributed by atoms with E-state index in [0.717, 1.165) is 11.4 Å². The zero-order valence-corrected chi connectivity index (χ0v) is 12.9. The molecule has 1 aromatic heterocycles. The Morgan fingerprint density at radius 1 is 0.958 bits per heavy atom. The summed E-state index contributed by atoms with van der Waals surface area (Å²) < 4.78 is 12.9. The topological polar surface area (TPSA) is 54.0 Å². The number of pyridine rings is 1. The van der Waals surface area contributed by atoms with Gasteiger partial charge < -0.3 is 10.6 Å². The number of nitrogens with one attached hydrogen (secondary N) is 2. The van der Waals surface area contributed by atoms with Gasteiger partial charge in [0.1, 0.15) is 11.6 Å². The van der Waals surface area contributed by atoms with Crippen LogP contribution in [-0.2, 0) is 6.54 Å². The van der Waals surface area contributed by atoms with Gasteiger partial charge in [-0.2, -0.15) is 0 Å². The van der Waals surface area contributed by atoms with Gasteiger partial charge in [0.2, 0.25) is 0 Å². The SMILES string of the molecule is O=C(Nc1ccc(NCc2ccccc2)nc1)c1ccc(F)cc1. The highest BCUT2D eigenvalue weighted by atomic mass is 19.1. The van der Waals surface area contributed by atoms with E-state index in [9.17, 15) is 9.18 Å². The summed E-state index contributed by atoms with van der Waals surface area (Å²) in [5.74, 6) is 0.0440. The molecule has 0 aliphatic carbocycles. The van der Waals surface area contributed by atoms with Crippen LogP contribution in [0.3, 0.4) is 0 Å². The highest BCUT2D eigenvalue weighted by molar-refractivity contribution is 6.04. The zero-order valence-electron chi connectivity index (χ0n) is 12.9. The van der Waals surface area contributed by atoms with E-state index in [2.05, 4.69) is 15.6 Å². The number of nitrogens with zero attached hydrogens (tertiary/aromatic N) is 1. The first-order valence-corrected chi connectivity index (χ1v) is 7.51. The van der Waals surface area contributed by atoms with E-state index in [1.165, 1.54) is 24.3 Å². The second-order valence-corrected chi connectivity index (χ2v) is 5.23. The molecule has 0 radical (unpaired) electrons. The Morgan fingerprint density at radius 3 is 2.38 bits per heavy atom. The molecule has 2 N–H and O–H groups in total. The molecule has 3 aromatic rings. The van der Waals surface area contributed by atoms with Gasteiger partial charge in [-0.25, -0.2) is 9.37 Å². The molecule has 1 heterocycles. The fourth-order valence-corrected chi connectivity index (χ4v) is 2.17. The van der Waals surface area contributed by atoms with Crippen molar-refractivity contribution in [2.45, 2.75) is 6.54 Å². The predicted octanol–water partition coefficient (Wildman–Crippen LogP) is 4.09. The van der Waals surface area contributed by atoms with Crippen molar-refractivity contribution in [2.75, 3.05) is 10.6 Å². The molecule has 24 heavy (non-hydrogen) atoms. The normalized spacial score (nSPS) is 10.2. The number of hydrogen-bond donors (Lipinski definition) is 2. The van der Waals surface area contributed by atoms with Crippen LogP contribution in [0.15, 0.2) is 72.9 Å². The van der Waals surface area contributed by atoms with Crippen molar-refractivity contribution < 1.29 is 9.18 Å². The van der Waals surface area contributed by atoms with Crippen LogP contribution in [0.2, 0.25) is 0 Å². The van der Waals surface area contributed by atoms with Gasteiger partial charge in [-0.1, -0.05) is 30.3 Å². The molecule has 4 nitrogen and oxygen atoms in total. The highest BCUT2D eigenvalue weighted by Crippen LogP contribution is 2.13. The minimum atomic E-state index is -0.373. The lowest BCUT2D eigenvalue weighted by Gasteiger charge is -2.08. The van der Waals surface area contributed by atoms with Crippen molar-refractivity contribution in [3.05, 3.63) is 89.9 Å². The van der Waals surface area contributed by atoms with Crippen LogP contribution in [0.1, 0.15) is 15.9 Å². The Morgan fingerprint density at radius 2 is 1.71 bits per heavy atom. The van der Waals surface area contributed by atoms with Crippen molar-refractivity contribution in [1.82, 2.24) is 4.98 Å². The number of anilines is 2. The smallest absolute Gasteiger partial charge is 0.255 e. The van der Waals surface area contributed by atoms with Gasteiger partial charge in [-0.15, -0.1) is 0 Å². The molecule has 0 atom stereocenters. The van der Waals surface area contributed by atoms with E-state index in [1.807, 2.05) is 30.3 Å². The van der Waals surface area contributed by atoms with Gasteiger partial charge in [-0.3, -0.25) is 4.79 Å². The number of carbonyl (C=O) groups is 1. The Hall–Kier alpha value is -3.21. The van der Waals surface area contributed by atoms with Crippen LogP contribution >= 0.6 is 0 Å². The van der Waals surface area contributed by atoms with E-state index in [4.69, 9.17) is 0 Å². The fourth-order valence-electron chi connectivity index (χ4n) is 2.17. The maximum absolute atomic E-state index is 12.9. The van der Waals surface area contributed by atoms with Gasteiger partial charge in [-0.05, 0) is 42.0 Å². The molecule has 0 unspecified atom stereocenters. The number of halogens is 1. The van der Waals surface area contributed by atoms with Crippen LogP contribution in [-0.4, -0.2) is 10.9 Å². The van der Waals surface area contributed by atoms with Crippen LogP contribution in [0.5, 0.6) is 0 Å². The Bertz CT molecular complexity index is 802. The van der Waals surface area contributed by atoms with Gasteiger partial charge in [0.15, 0.2) is 0 Å². The average molecular weight is 321 g/mol. The number of amides is 1. The molecule has 3 rings (SSSR count). The summed E-state index contributed by atoms with van der Waals surface area (Å²) in [5, 5.41) is 5.94. The van der Waals surface area contributed by atoms with Crippen molar-refractivity contribution in [2.24, 2.45) is 0 Å². The quantitative estimate of drug-likeness (QED) is 0.744. The summed E-state index contributed by atoms with van der Waals surface area (Å²) in [4.78, 5) is 16.3. The lowest BCUT2D eigenvalue weighted by molar-refractivity contribution is 0.102. The number of rotatable bonds is 5. The van der Waals surface area contributed by atoms with Gasteiger partial charge in [0, 0.05) is 12.1 Å². The molecule has 2 aromatic carbocycles. The summed E-state index contributed by atoms with van der Waals surface area (Å²) in [5.41, 5.74) is 2.13. The summed E-state index contributed by atoms with van der Waals surface area (Å²) in [6.45, 7) is 0.676. The molecule has 5 heteroatoms. The number of hydrogen-bond acceptors (Lipinski definition) is 3. The average Bonchev–Trinajstić information content (AvgIpc) is 2.62. The number of aromatic nitrogens is 1. The van der Waals surface area contributed by atoms with Crippen LogP contribution < -0.4 is 10.6 Å². The largest absolute Gasteiger partial charge is 0.366 e. The standard InChI is InChI=1S/C19H16FN3O/c20-16-8-6-15(7-9-16)19(24)23-17-10-11-18(22-13-17)21-12-14-4-2-1-3-5-14/h1-11,13H,12H2,(H,21,22)(H,23,24). The molecule has 0 bridgehead atoms. The van der Waals surface area contributed by atoms with Crippen molar-refractivity contribution in [3.63, 3.8) is 0 Å². The van der Waals surface area contributed by atoms with E-state index in [-0.39, 0.29) is 11.7 Å². The zero-order chi connectivity index (χ0) is 16.8. The third kappa shape index (κ3) is 4.16. The lowest BCUT2D eigenvalue weighted by atomic mass is 10.2. The molecule has 120 valence electrons. The first-order valence-electron chi connectivity index (χ1n) is 7.51. The molecular weight excluding hydrogens is 305 g/mol. The summed E-state index contributed by atoms with van der Waals surface area (Å²) in [6, 6.07) is 19.0. The second-order valence-electron chi connectivity index (χ2n) is 5.23. The van der Waals surface area contributed by atoms with Gasteiger partial charge >= 0.3 is 0 Å². The second kappa shape index (κ2) is 7.37. The fraction of sp³-hybridized carbons (Fsp3) is 0.0526. The summed E-state index contributed by atoms with van der Waals surface area (Å²) >= 11 is 0. The summed E-state index contributed by atoms with van der Waals surface area (Å²) in [7, 11) is 0. The van der Waals surface area contributed by atoms with E-state index >= 15 is 0 Å². The van der Waals surface area contributed by atoms with Crippen LogP contribution in [0, 0.1) is 5.82 Å². The molecular formula is C19H16FN3O. The monoisotopic (exact) mass is 321 g/mol. The lowest BCUT2D eigenvalue weighted by Crippen LogP contribution is -2.12. The van der Waals surface area contributed by atoms with Gasteiger partial charge in [0.25, 0.3) is 5.91 Å². The Kier molecular flexibility index (Phi) is 4.81. The number of benzene rings is 2.